The van der Waals surface area contributed by atoms with Crippen molar-refractivity contribution in [3.05, 3.63) is 107 Å². The Hall–Kier alpha value is -5.19. The maximum atomic E-state index is 15.1. The number of nitrogens with zero attached hydrogens (tertiary/aromatic N) is 4. The van der Waals surface area contributed by atoms with Gasteiger partial charge in [0, 0.05) is 49.3 Å². The second-order valence-corrected chi connectivity index (χ2v) is 11.1. The van der Waals surface area contributed by atoms with Gasteiger partial charge in [-0.2, -0.15) is 18.3 Å². The second-order valence-electron chi connectivity index (χ2n) is 11.1. The van der Waals surface area contributed by atoms with Crippen molar-refractivity contribution in [2.24, 2.45) is 0 Å². The summed E-state index contributed by atoms with van der Waals surface area (Å²) >= 11 is 0. The first-order valence-electron chi connectivity index (χ1n) is 14.9. The molecule has 1 fully saturated rings. The lowest BCUT2D eigenvalue weighted by molar-refractivity contribution is -0.137. The van der Waals surface area contributed by atoms with E-state index < -0.39 is 23.5 Å². The van der Waals surface area contributed by atoms with E-state index in [0.717, 1.165) is 30.8 Å². The quantitative estimate of drug-likeness (QED) is 0.130. The molecule has 0 bridgehead atoms. The first-order valence-corrected chi connectivity index (χ1v) is 14.9. The minimum atomic E-state index is -4.63. The Morgan fingerprint density at radius 2 is 1.96 bits per heavy atom. The molecular weight excluding hydrogens is 612 g/mol. The van der Waals surface area contributed by atoms with Crippen molar-refractivity contribution in [2.45, 2.75) is 39.0 Å². The van der Waals surface area contributed by atoms with Gasteiger partial charge in [0.25, 0.3) is 5.91 Å². The first-order chi connectivity index (χ1) is 22.5. The smallest absolute Gasteiger partial charge is 0.350 e. The van der Waals surface area contributed by atoms with Crippen molar-refractivity contribution in [1.29, 1.82) is 0 Å². The maximum Gasteiger partial charge on any atom is 0.416 e. The van der Waals surface area contributed by atoms with Crippen LogP contribution in [0.2, 0.25) is 0 Å². The normalized spacial score (nSPS) is 15.3. The minimum Gasteiger partial charge on any atom is -0.350 e. The van der Waals surface area contributed by atoms with Gasteiger partial charge in [0.2, 0.25) is 0 Å². The van der Waals surface area contributed by atoms with Gasteiger partial charge in [-0.25, -0.2) is 9.37 Å². The van der Waals surface area contributed by atoms with Crippen molar-refractivity contribution in [3.63, 3.8) is 0 Å². The SMILES string of the molecule is C=Cn1c(C#Cc2cc(C(=O)Nc3cc(CN4CC[C@@H](NC)C4)cc(C(F)(F)F)c3)c(F)cc2C)cnc1/C(=C\C)Nc1cn[nH]c1. The van der Waals surface area contributed by atoms with E-state index in [4.69, 9.17) is 0 Å². The third kappa shape index (κ3) is 7.79. The Labute approximate surface area is 269 Å². The number of alkyl halides is 3. The van der Waals surface area contributed by atoms with Crippen molar-refractivity contribution in [3.8, 4) is 11.8 Å². The van der Waals surface area contributed by atoms with Gasteiger partial charge in [-0.05, 0) is 74.7 Å². The maximum absolute atomic E-state index is 15.1. The van der Waals surface area contributed by atoms with Crippen molar-refractivity contribution in [2.75, 3.05) is 30.8 Å². The van der Waals surface area contributed by atoms with Crippen LogP contribution in [0.1, 0.15) is 57.5 Å². The highest BCUT2D eigenvalue weighted by Gasteiger charge is 2.32. The van der Waals surface area contributed by atoms with Crippen molar-refractivity contribution < 1.29 is 22.4 Å². The summed E-state index contributed by atoms with van der Waals surface area (Å²) in [7, 11) is 1.85. The number of nitrogens with one attached hydrogen (secondary N) is 4. The van der Waals surface area contributed by atoms with Crippen LogP contribution in [0.25, 0.3) is 11.9 Å². The molecule has 0 spiro atoms. The van der Waals surface area contributed by atoms with E-state index in [9.17, 15) is 18.0 Å². The van der Waals surface area contributed by atoms with Crippen LogP contribution in [0.15, 0.2) is 61.6 Å². The van der Waals surface area contributed by atoms with Crippen LogP contribution in [0.4, 0.5) is 28.9 Å². The van der Waals surface area contributed by atoms with Gasteiger partial charge in [-0.3, -0.25) is 19.4 Å². The molecule has 1 amide bonds. The number of aromatic nitrogens is 4. The number of amides is 1. The molecule has 0 aliphatic carbocycles. The largest absolute Gasteiger partial charge is 0.416 e. The zero-order valence-corrected chi connectivity index (χ0v) is 26.1. The molecule has 1 aliphatic heterocycles. The number of carbonyl (C=O) groups excluding carboxylic acids is 1. The molecule has 9 nitrogen and oxygen atoms in total. The first kappa shape index (κ1) is 33.2. The molecule has 1 saturated heterocycles. The van der Waals surface area contributed by atoms with Gasteiger partial charge < -0.3 is 16.0 Å². The standard InChI is InChI=1S/C34H34F4N8O/c1-5-31(43-27-16-41-42-17-27)32-40-18-28(46(32)6-2)8-7-23-14-29(30(35)11-21(23)3)33(47)44-26-13-22(12-24(15-26)34(36,37)38)19-45-10-9-25(20-45)39-4/h5-6,11-18,25,39,43H,2,9-10,19-20H2,1,3-4H3,(H,41,42)(H,44,47)/b31-5+/t25-/m1/s1. The molecule has 0 radical (unpaired) electrons. The number of likely N-dealkylation sites (tertiary alicyclic amines) is 1. The highest BCUT2D eigenvalue weighted by atomic mass is 19.4. The molecule has 4 aromatic rings. The molecule has 244 valence electrons. The van der Waals surface area contributed by atoms with E-state index >= 15 is 4.39 Å². The van der Waals surface area contributed by atoms with Crippen LogP contribution in [0, 0.1) is 24.6 Å². The Bertz CT molecular complexity index is 1860. The van der Waals surface area contributed by atoms with Gasteiger partial charge in [-0.15, -0.1) is 0 Å². The predicted octanol–water partition coefficient (Wildman–Crippen LogP) is 6.09. The number of H-pyrrole nitrogens is 1. The molecule has 3 heterocycles. The number of anilines is 2. The Morgan fingerprint density at radius 3 is 2.62 bits per heavy atom. The number of allylic oxidation sites excluding steroid dienone is 1. The molecule has 0 saturated carbocycles. The fourth-order valence-electron chi connectivity index (χ4n) is 5.37. The topological polar surface area (TPSA) is 103 Å². The van der Waals surface area contributed by atoms with Crippen LogP contribution >= 0.6 is 0 Å². The van der Waals surface area contributed by atoms with Crippen LogP contribution in [0.3, 0.4) is 0 Å². The number of hydrogen-bond donors (Lipinski definition) is 4. The van der Waals surface area contributed by atoms with E-state index in [1.165, 1.54) is 18.2 Å². The van der Waals surface area contributed by atoms with E-state index in [-0.39, 0.29) is 23.8 Å². The lowest BCUT2D eigenvalue weighted by Gasteiger charge is -2.18. The summed E-state index contributed by atoms with van der Waals surface area (Å²) in [6.45, 7) is 9.06. The number of likely N-dealkylation sites (N-methyl/N-ethyl adjacent to an activating group) is 1. The third-order valence-electron chi connectivity index (χ3n) is 7.83. The Balaban J connectivity index is 1.40. The van der Waals surface area contributed by atoms with Crippen LogP contribution in [-0.2, 0) is 12.7 Å². The predicted molar refractivity (Wildman–Crippen MR) is 174 cm³/mol. The lowest BCUT2D eigenvalue weighted by atomic mass is 10.0. The zero-order valence-electron chi connectivity index (χ0n) is 26.1. The molecule has 0 unspecified atom stereocenters. The van der Waals surface area contributed by atoms with Crippen molar-refractivity contribution in [1.82, 2.24) is 30.0 Å². The number of benzene rings is 2. The number of aryl methyl sites for hydroxylation is 1. The number of carbonyl (C=O) groups is 1. The molecule has 1 atom stereocenters. The van der Waals surface area contributed by atoms with Gasteiger partial charge in [0.05, 0.1) is 34.9 Å². The summed E-state index contributed by atoms with van der Waals surface area (Å²) in [5, 5.41) is 15.5. The summed E-state index contributed by atoms with van der Waals surface area (Å²) in [4.78, 5) is 19.8. The molecule has 1 aliphatic rings. The van der Waals surface area contributed by atoms with Gasteiger partial charge in [0.15, 0.2) is 5.82 Å². The monoisotopic (exact) mass is 646 g/mol. The van der Waals surface area contributed by atoms with E-state index in [0.29, 0.717) is 40.5 Å². The van der Waals surface area contributed by atoms with Crippen LogP contribution < -0.4 is 16.0 Å². The van der Waals surface area contributed by atoms with E-state index in [1.807, 2.05) is 24.9 Å². The zero-order chi connectivity index (χ0) is 33.7. The number of aromatic amines is 1. The molecule has 4 N–H and O–H groups in total. The molecule has 13 heteroatoms. The van der Waals surface area contributed by atoms with Crippen LogP contribution in [0.5, 0.6) is 0 Å². The number of hydrogen-bond acceptors (Lipinski definition) is 6. The van der Waals surface area contributed by atoms with E-state index in [1.54, 1.807) is 36.3 Å². The third-order valence-corrected chi connectivity index (χ3v) is 7.83. The molecule has 47 heavy (non-hydrogen) atoms. The van der Waals surface area contributed by atoms with Crippen LogP contribution in [-0.4, -0.2) is 56.7 Å². The lowest BCUT2D eigenvalue weighted by Crippen LogP contribution is -2.29. The summed E-state index contributed by atoms with van der Waals surface area (Å²) in [6.07, 6.45) is 4.51. The molecule has 2 aromatic carbocycles. The summed E-state index contributed by atoms with van der Waals surface area (Å²) in [5.74, 6) is 4.80. The summed E-state index contributed by atoms with van der Waals surface area (Å²) < 4.78 is 58.2. The molecule has 5 rings (SSSR count). The fourth-order valence-corrected chi connectivity index (χ4v) is 5.37. The van der Waals surface area contributed by atoms with Gasteiger partial charge >= 0.3 is 6.18 Å². The molecular formula is C34H34F4N8O. The van der Waals surface area contributed by atoms with Gasteiger partial charge in [0.1, 0.15) is 11.5 Å². The summed E-state index contributed by atoms with van der Waals surface area (Å²) in [5.41, 5.74) is 1.77. The Kier molecular flexibility index (Phi) is 9.93. The highest BCUT2D eigenvalue weighted by Crippen LogP contribution is 2.33. The minimum absolute atomic E-state index is 0.0805. The van der Waals surface area contributed by atoms with Gasteiger partial charge in [-0.1, -0.05) is 18.6 Å². The number of halogens is 4. The van der Waals surface area contributed by atoms with Crippen molar-refractivity contribution >= 4 is 29.2 Å². The van der Waals surface area contributed by atoms with E-state index in [2.05, 4.69) is 49.6 Å². The number of imidazole rings is 1. The second kappa shape index (κ2) is 14.1. The fraction of sp³-hybridized carbons (Fsp3) is 0.265. The highest BCUT2D eigenvalue weighted by molar-refractivity contribution is 6.04. The average molecular weight is 647 g/mol. The number of rotatable bonds is 9. The summed E-state index contributed by atoms with van der Waals surface area (Å²) in [6, 6.07) is 6.14. The Morgan fingerprint density at radius 1 is 1.15 bits per heavy atom. The average Bonchev–Trinajstić information content (AvgIpc) is 3.80. The molecule has 2 aromatic heterocycles.